The van der Waals surface area contributed by atoms with Crippen molar-refractivity contribution >= 4 is 35.6 Å². The first kappa shape index (κ1) is 20.5. The number of nitrogens with zero attached hydrogens (tertiary/aromatic N) is 1. The molecule has 0 spiro atoms. The van der Waals surface area contributed by atoms with Crippen molar-refractivity contribution in [2.24, 2.45) is 5.92 Å². The first-order valence-corrected chi connectivity index (χ1v) is 9.27. The maximum atomic E-state index is 3.52. The molecule has 25 heavy (non-hydrogen) atoms. The van der Waals surface area contributed by atoms with Crippen LogP contribution in [0.4, 0.5) is 0 Å². The quantitative estimate of drug-likeness (QED) is 0.793. The molecular weight excluding hydrogens is 351 g/mol. The number of hydrogen-bond acceptors (Lipinski definition) is 2. The third kappa shape index (κ3) is 4.14. The van der Waals surface area contributed by atoms with Crippen LogP contribution in [0, 0.1) is 12.8 Å². The van der Waals surface area contributed by atoms with Gasteiger partial charge in [0.1, 0.15) is 0 Å². The molecular formula is C21H30Cl2N2. The number of halogens is 2. The highest BCUT2D eigenvalue weighted by Gasteiger charge is 2.32. The lowest BCUT2D eigenvalue weighted by molar-refractivity contribution is 0.126. The van der Waals surface area contributed by atoms with E-state index < -0.39 is 0 Å². The van der Waals surface area contributed by atoms with Gasteiger partial charge in [-0.25, -0.2) is 0 Å². The topological polar surface area (TPSA) is 15.3 Å². The second-order valence-corrected chi connectivity index (χ2v) is 7.29. The lowest BCUT2D eigenvalue weighted by Crippen LogP contribution is -2.46. The molecule has 0 unspecified atom stereocenters. The smallest absolute Gasteiger partial charge is 0.0383 e. The van der Waals surface area contributed by atoms with Crippen molar-refractivity contribution in [3.8, 4) is 0 Å². The Kier molecular flexibility index (Phi) is 7.57. The Morgan fingerprint density at radius 2 is 1.56 bits per heavy atom. The summed E-state index contributed by atoms with van der Waals surface area (Å²) in [6.07, 6.45) is 5.63. The molecule has 1 N–H and O–H groups in total. The zero-order valence-electron chi connectivity index (χ0n) is 15.0. The number of aryl methyl sites for hydroxylation is 1. The number of benzene rings is 2. The minimum atomic E-state index is 0. The average molecular weight is 381 g/mol. The zero-order valence-corrected chi connectivity index (χ0v) is 16.7. The Morgan fingerprint density at radius 1 is 0.920 bits per heavy atom. The van der Waals surface area contributed by atoms with Crippen molar-refractivity contribution in [3.63, 3.8) is 0 Å². The van der Waals surface area contributed by atoms with Crippen LogP contribution < -0.4 is 5.32 Å². The molecule has 0 radical (unpaired) electrons. The summed E-state index contributed by atoms with van der Waals surface area (Å²) in [6, 6.07) is 14.4. The van der Waals surface area contributed by atoms with Gasteiger partial charge in [0.2, 0.25) is 0 Å². The second-order valence-electron chi connectivity index (χ2n) is 7.29. The Hall–Kier alpha value is -0.800. The van der Waals surface area contributed by atoms with Gasteiger partial charge in [0.15, 0.2) is 0 Å². The van der Waals surface area contributed by atoms with E-state index in [0.717, 1.165) is 19.0 Å². The molecule has 4 rings (SSSR count). The van der Waals surface area contributed by atoms with Crippen LogP contribution in [-0.4, -0.2) is 31.1 Å². The number of nitrogens with one attached hydrogen (secondary N) is 1. The lowest BCUT2D eigenvalue weighted by atomic mass is 9.86. The van der Waals surface area contributed by atoms with Crippen molar-refractivity contribution in [2.75, 3.05) is 26.2 Å². The molecule has 0 aromatic heterocycles. The van der Waals surface area contributed by atoms with Crippen LogP contribution in [0.3, 0.4) is 0 Å². The molecule has 0 bridgehead atoms. The standard InChI is InChI=1S/C21H28N2.2ClH/c1-16-10-11-20(19-9-5-4-8-18(16)19)21(17-6-2-3-7-17)23-14-12-22-13-15-23;;/h4-5,8-11,17,21-22H,2-3,6-7,12-15H2,1H3;2*1H/t21-;;/m0../s1. The lowest BCUT2D eigenvalue weighted by Gasteiger charge is -2.39. The molecule has 2 nitrogen and oxygen atoms in total. The van der Waals surface area contributed by atoms with Gasteiger partial charge in [-0.1, -0.05) is 49.2 Å². The van der Waals surface area contributed by atoms with Gasteiger partial charge < -0.3 is 5.32 Å². The third-order valence-corrected chi connectivity index (χ3v) is 5.89. The normalized spacial score (nSPS) is 20.0. The Morgan fingerprint density at radius 3 is 2.24 bits per heavy atom. The summed E-state index contributed by atoms with van der Waals surface area (Å²) >= 11 is 0. The SMILES string of the molecule is Cc1ccc([C@H](C2CCCC2)N2CCNCC2)c2ccccc12.Cl.Cl. The third-order valence-electron chi connectivity index (χ3n) is 5.89. The molecule has 0 amide bonds. The molecule has 138 valence electrons. The highest BCUT2D eigenvalue weighted by atomic mass is 35.5. The van der Waals surface area contributed by atoms with E-state index in [9.17, 15) is 0 Å². The van der Waals surface area contributed by atoms with E-state index in [0.29, 0.717) is 6.04 Å². The molecule has 2 aromatic carbocycles. The van der Waals surface area contributed by atoms with Crippen LogP contribution in [0.25, 0.3) is 10.8 Å². The van der Waals surface area contributed by atoms with Gasteiger partial charge >= 0.3 is 0 Å². The fraction of sp³-hybridized carbons (Fsp3) is 0.524. The molecule has 1 heterocycles. The summed E-state index contributed by atoms with van der Waals surface area (Å²) < 4.78 is 0. The van der Waals surface area contributed by atoms with Gasteiger partial charge in [-0.2, -0.15) is 0 Å². The molecule has 4 heteroatoms. The van der Waals surface area contributed by atoms with Gasteiger partial charge in [0.05, 0.1) is 0 Å². The van der Waals surface area contributed by atoms with Crippen LogP contribution in [-0.2, 0) is 0 Å². The largest absolute Gasteiger partial charge is 0.314 e. The second kappa shape index (κ2) is 9.23. The first-order valence-electron chi connectivity index (χ1n) is 9.27. The maximum Gasteiger partial charge on any atom is 0.0383 e. The van der Waals surface area contributed by atoms with Gasteiger partial charge in [-0.3, -0.25) is 4.90 Å². The summed E-state index contributed by atoms with van der Waals surface area (Å²) in [4.78, 5) is 2.75. The summed E-state index contributed by atoms with van der Waals surface area (Å²) in [5, 5.41) is 6.42. The fourth-order valence-corrected chi connectivity index (χ4v) is 4.71. The minimum absolute atomic E-state index is 0. The summed E-state index contributed by atoms with van der Waals surface area (Å²) in [5.74, 6) is 0.833. The number of fused-ring (bicyclic) bond motifs is 1. The van der Waals surface area contributed by atoms with E-state index in [1.165, 1.54) is 55.1 Å². The molecule has 2 fully saturated rings. The molecule has 2 aromatic rings. The van der Waals surface area contributed by atoms with Crippen molar-refractivity contribution in [3.05, 3.63) is 47.5 Å². The van der Waals surface area contributed by atoms with E-state index >= 15 is 0 Å². The van der Waals surface area contributed by atoms with Crippen LogP contribution in [0.2, 0.25) is 0 Å². The molecule has 1 aliphatic heterocycles. The Bertz CT molecular complexity index is 677. The van der Waals surface area contributed by atoms with E-state index in [2.05, 4.69) is 53.5 Å². The summed E-state index contributed by atoms with van der Waals surface area (Å²) in [6.45, 7) is 6.87. The highest BCUT2D eigenvalue weighted by Crippen LogP contribution is 2.42. The number of rotatable bonds is 3. The van der Waals surface area contributed by atoms with Crippen LogP contribution >= 0.6 is 24.8 Å². The Labute approximate surface area is 164 Å². The summed E-state index contributed by atoms with van der Waals surface area (Å²) in [5.41, 5.74) is 2.97. The number of piperazine rings is 1. The van der Waals surface area contributed by atoms with Gasteiger partial charge in [-0.05, 0) is 47.6 Å². The van der Waals surface area contributed by atoms with Crippen LogP contribution in [0.1, 0.15) is 42.9 Å². The predicted molar refractivity (Wildman–Crippen MR) is 112 cm³/mol. The average Bonchev–Trinajstić information content (AvgIpc) is 3.13. The molecule has 1 aliphatic carbocycles. The summed E-state index contributed by atoms with van der Waals surface area (Å²) in [7, 11) is 0. The van der Waals surface area contributed by atoms with Crippen molar-refractivity contribution in [2.45, 2.75) is 38.6 Å². The van der Waals surface area contributed by atoms with E-state index in [1.54, 1.807) is 5.56 Å². The molecule has 1 atom stereocenters. The Balaban J connectivity index is 0.00000113. The van der Waals surface area contributed by atoms with E-state index in [-0.39, 0.29) is 24.8 Å². The first-order chi connectivity index (χ1) is 11.3. The predicted octanol–water partition coefficient (Wildman–Crippen LogP) is 5.13. The number of hydrogen-bond donors (Lipinski definition) is 1. The maximum absolute atomic E-state index is 3.52. The fourth-order valence-electron chi connectivity index (χ4n) is 4.71. The van der Waals surface area contributed by atoms with Gasteiger partial charge in [0, 0.05) is 32.2 Å². The molecule has 1 saturated heterocycles. The molecule has 2 aliphatic rings. The van der Waals surface area contributed by atoms with Gasteiger partial charge in [0.25, 0.3) is 0 Å². The van der Waals surface area contributed by atoms with Crippen LogP contribution in [0.5, 0.6) is 0 Å². The highest BCUT2D eigenvalue weighted by molar-refractivity contribution is 5.89. The van der Waals surface area contributed by atoms with Gasteiger partial charge in [-0.15, -0.1) is 24.8 Å². The van der Waals surface area contributed by atoms with Crippen molar-refractivity contribution < 1.29 is 0 Å². The monoisotopic (exact) mass is 380 g/mol. The van der Waals surface area contributed by atoms with Crippen molar-refractivity contribution in [1.82, 2.24) is 10.2 Å². The molecule has 1 saturated carbocycles. The van der Waals surface area contributed by atoms with Crippen molar-refractivity contribution in [1.29, 1.82) is 0 Å². The van der Waals surface area contributed by atoms with E-state index in [4.69, 9.17) is 0 Å². The minimum Gasteiger partial charge on any atom is -0.314 e. The zero-order chi connectivity index (χ0) is 15.6. The van der Waals surface area contributed by atoms with E-state index in [1.807, 2.05) is 0 Å². The van der Waals surface area contributed by atoms with Crippen LogP contribution in [0.15, 0.2) is 36.4 Å².